The normalized spacial score (nSPS) is 14.6. The van der Waals surface area contributed by atoms with Crippen molar-refractivity contribution in [3.63, 3.8) is 0 Å². The van der Waals surface area contributed by atoms with E-state index < -0.39 is 0 Å². The number of pyridine rings is 1. The summed E-state index contributed by atoms with van der Waals surface area (Å²) in [4.78, 5) is 37.7. The monoisotopic (exact) mass is 591 g/mol. The third-order valence-corrected chi connectivity index (χ3v) is 7.89. The lowest BCUT2D eigenvalue weighted by Gasteiger charge is -2.33. The van der Waals surface area contributed by atoms with Crippen LogP contribution in [-0.2, 0) is 7.05 Å². The predicted octanol–water partition coefficient (Wildman–Crippen LogP) is 4.38. The molecule has 1 fully saturated rings. The van der Waals surface area contributed by atoms with Gasteiger partial charge in [-0.3, -0.25) is 23.6 Å². The second-order valence-corrected chi connectivity index (χ2v) is 11.1. The van der Waals surface area contributed by atoms with Crippen LogP contribution in [0.3, 0.4) is 0 Å². The zero-order valence-corrected chi connectivity index (χ0v) is 24.8. The van der Waals surface area contributed by atoms with Crippen molar-refractivity contribution in [3.8, 4) is 6.07 Å². The summed E-state index contributed by atoms with van der Waals surface area (Å²) in [6.45, 7) is 5.29. The minimum atomic E-state index is -0.361. The van der Waals surface area contributed by atoms with E-state index >= 15 is 0 Å². The van der Waals surface area contributed by atoms with Crippen LogP contribution in [0.4, 0.5) is 11.6 Å². The summed E-state index contributed by atoms with van der Waals surface area (Å²) in [5.41, 5.74) is 3.50. The van der Waals surface area contributed by atoms with Gasteiger partial charge in [0.1, 0.15) is 11.2 Å². The number of nitrogens with zero attached hydrogens (tertiary/aromatic N) is 7. The predicted molar refractivity (Wildman–Crippen MR) is 161 cm³/mol. The SMILES string of the molecule is CSNC(=O)c1nc(Cl)ccc1NC(C)c1cc(C)cc2c(=O)n(C)c(N3CCC(n4cc(C#N)cn4)CC3)nc12. The van der Waals surface area contributed by atoms with Crippen molar-refractivity contribution in [2.75, 3.05) is 29.6 Å². The van der Waals surface area contributed by atoms with Crippen LogP contribution >= 0.6 is 23.5 Å². The molecule has 0 spiro atoms. The number of piperidine rings is 1. The van der Waals surface area contributed by atoms with Gasteiger partial charge in [-0.15, -0.1) is 0 Å². The summed E-state index contributed by atoms with van der Waals surface area (Å²) < 4.78 is 6.16. The van der Waals surface area contributed by atoms with Gasteiger partial charge >= 0.3 is 0 Å². The number of carbonyl (C=O) groups excluding carboxylic acids is 1. The molecule has 5 rings (SSSR count). The topological polar surface area (TPSA) is 134 Å². The van der Waals surface area contributed by atoms with Crippen molar-refractivity contribution in [3.05, 3.63) is 74.6 Å². The molecule has 0 saturated carbocycles. The van der Waals surface area contributed by atoms with Crippen LogP contribution in [0.5, 0.6) is 0 Å². The first-order valence-corrected chi connectivity index (χ1v) is 14.8. The van der Waals surface area contributed by atoms with E-state index in [0.29, 0.717) is 41.2 Å². The van der Waals surface area contributed by atoms with Gasteiger partial charge in [0, 0.05) is 38.2 Å². The van der Waals surface area contributed by atoms with E-state index in [1.54, 1.807) is 42.4 Å². The zero-order chi connectivity index (χ0) is 29.3. The van der Waals surface area contributed by atoms with Crippen LogP contribution in [0.25, 0.3) is 10.9 Å². The molecule has 4 aromatic rings. The molecule has 212 valence electrons. The number of fused-ring (bicyclic) bond motifs is 1. The number of nitriles is 1. The van der Waals surface area contributed by atoms with E-state index in [0.717, 1.165) is 24.0 Å². The molecule has 11 nitrogen and oxygen atoms in total. The molecule has 0 bridgehead atoms. The van der Waals surface area contributed by atoms with Crippen LogP contribution in [0.15, 0.2) is 41.5 Å². The van der Waals surface area contributed by atoms with Crippen LogP contribution in [0.2, 0.25) is 5.15 Å². The largest absolute Gasteiger partial charge is 0.377 e. The molecule has 4 heterocycles. The van der Waals surface area contributed by atoms with Gasteiger partial charge in [0.2, 0.25) is 5.95 Å². The first-order valence-electron chi connectivity index (χ1n) is 13.2. The summed E-state index contributed by atoms with van der Waals surface area (Å²) >= 11 is 7.27. The second-order valence-electron chi connectivity index (χ2n) is 10.1. The number of rotatable bonds is 7. The van der Waals surface area contributed by atoms with Crippen molar-refractivity contribution in [2.24, 2.45) is 7.05 Å². The van der Waals surface area contributed by atoms with Gasteiger partial charge in [-0.1, -0.05) is 29.6 Å². The lowest BCUT2D eigenvalue weighted by molar-refractivity contribution is 0.0980. The van der Waals surface area contributed by atoms with E-state index in [4.69, 9.17) is 21.8 Å². The molecule has 3 aromatic heterocycles. The van der Waals surface area contributed by atoms with Gasteiger partial charge in [0.05, 0.1) is 40.4 Å². The standard InChI is InChI=1S/C28H30ClN9O2S/c1-16-11-20(17(2)32-22-5-6-23(29)33-25(22)26(39)35-41-4)24-21(12-16)27(40)36(3)28(34-24)37-9-7-19(8-10-37)38-15-18(13-30)14-31-38/h5-6,11-12,14-15,17,19,32H,7-10H2,1-4H3,(H,35,39). The highest BCUT2D eigenvalue weighted by atomic mass is 35.5. The number of benzene rings is 1. The molecule has 1 aliphatic rings. The summed E-state index contributed by atoms with van der Waals surface area (Å²) in [5.74, 6) is 0.241. The second kappa shape index (κ2) is 11.8. The Morgan fingerprint density at radius 1 is 1.24 bits per heavy atom. The van der Waals surface area contributed by atoms with E-state index in [1.165, 1.54) is 11.9 Å². The van der Waals surface area contributed by atoms with Gasteiger partial charge in [0.15, 0.2) is 5.69 Å². The van der Waals surface area contributed by atoms with Crippen molar-refractivity contribution in [1.82, 2.24) is 29.0 Å². The highest BCUT2D eigenvalue weighted by Crippen LogP contribution is 2.30. The molecule has 0 aliphatic carbocycles. The van der Waals surface area contributed by atoms with Crippen molar-refractivity contribution in [1.29, 1.82) is 5.26 Å². The van der Waals surface area contributed by atoms with E-state index in [2.05, 4.69) is 31.1 Å². The summed E-state index contributed by atoms with van der Waals surface area (Å²) in [5, 5.41) is 17.6. The average Bonchev–Trinajstić information content (AvgIpc) is 3.45. The summed E-state index contributed by atoms with van der Waals surface area (Å²) in [7, 11) is 1.75. The number of anilines is 2. The molecule has 41 heavy (non-hydrogen) atoms. The fraction of sp³-hybridized carbons (Fsp3) is 0.357. The van der Waals surface area contributed by atoms with Crippen molar-refractivity contribution < 1.29 is 4.79 Å². The maximum Gasteiger partial charge on any atom is 0.281 e. The number of halogens is 1. The Balaban J connectivity index is 1.48. The van der Waals surface area contributed by atoms with E-state index in [9.17, 15) is 9.59 Å². The molecule has 1 aromatic carbocycles. The smallest absolute Gasteiger partial charge is 0.281 e. The summed E-state index contributed by atoms with van der Waals surface area (Å²) in [6.07, 6.45) is 6.73. The van der Waals surface area contributed by atoms with Gasteiger partial charge in [0.25, 0.3) is 11.5 Å². The van der Waals surface area contributed by atoms with Crippen LogP contribution in [0.1, 0.15) is 59.0 Å². The highest BCUT2D eigenvalue weighted by Gasteiger charge is 2.26. The van der Waals surface area contributed by atoms with Gasteiger partial charge in [-0.2, -0.15) is 10.4 Å². The van der Waals surface area contributed by atoms with Crippen LogP contribution in [0, 0.1) is 18.3 Å². The maximum absolute atomic E-state index is 13.6. The molecule has 0 radical (unpaired) electrons. The number of aryl methyl sites for hydroxylation is 1. The minimum absolute atomic E-state index is 0.122. The first kappa shape index (κ1) is 28.4. The van der Waals surface area contributed by atoms with Crippen LogP contribution < -0.4 is 20.5 Å². The molecule has 2 N–H and O–H groups in total. The third kappa shape index (κ3) is 5.73. The molecule has 1 atom stereocenters. The zero-order valence-electron chi connectivity index (χ0n) is 23.2. The maximum atomic E-state index is 13.6. The molecule has 1 amide bonds. The Bertz CT molecular complexity index is 1720. The Labute approximate surface area is 246 Å². The molecule has 13 heteroatoms. The minimum Gasteiger partial charge on any atom is -0.377 e. The van der Waals surface area contributed by atoms with Gasteiger partial charge < -0.3 is 10.2 Å². The number of carbonyl (C=O) groups is 1. The molecule has 1 saturated heterocycles. The van der Waals surface area contributed by atoms with E-state index in [-0.39, 0.29) is 34.4 Å². The Morgan fingerprint density at radius 2 is 2.00 bits per heavy atom. The fourth-order valence-corrected chi connectivity index (χ4v) is 5.69. The quantitative estimate of drug-likeness (QED) is 0.237. The Hall–Kier alpha value is -4.08. The number of hydrogen-bond acceptors (Lipinski definition) is 9. The highest BCUT2D eigenvalue weighted by molar-refractivity contribution is 7.97. The number of aromatic nitrogens is 5. The number of amides is 1. The lowest BCUT2D eigenvalue weighted by Crippen LogP contribution is -2.39. The third-order valence-electron chi connectivity index (χ3n) is 7.29. The number of nitrogens with one attached hydrogen (secondary N) is 2. The first-order chi connectivity index (χ1) is 19.7. The number of hydrogen-bond donors (Lipinski definition) is 2. The fourth-order valence-electron chi connectivity index (χ4n) is 5.26. The van der Waals surface area contributed by atoms with Crippen LogP contribution in [-0.4, -0.2) is 49.6 Å². The van der Waals surface area contributed by atoms with E-state index in [1.807, 2.05) is 30.7 Å². The van der Waals surface area contributed by atoms with Crippen molar-refractivity contribution >= 4 is 52.0 Å². The molecular formula is C28H30ClN9O2S. The Morgan fingerprint density at radius 3 is 2.68 bits per heavy atom. The Kier molecular flexibility index (Phi) is 8.19. The van der Waals surface area contributed by atoms with Gasteiger partial charge in [-0.05, 0) is 50.5 Å². The van der Waals surface area contributed by atoms with Gasteiger partial charge in [-0.25, -0.2) is 9.97 Å². The molecule has 1 unspecified atom stereocenters. The lowest BCUT2D eigenvalue weighted by atomic mass is 10.0. The average molecular weight is 592 g/mol. The van der Waals surface area contributed by atoms with Crippen molar-refractivity contribution in [2.45, 2.75) is 38.8 Å². The molecule has 1 aliphatic heterocycles. The summed E-state index contributed by atoms with van der Waals surface area (Å²) in [6, 6.07) is 9.22. The molecular weight excluding hydrogens is 562 g/mol.